The van der Waals surface area contributed by atoms with Crippen molar-refractivity contribution in [2.75, 3.05) is 19.6 Å². The van der Waals surface area contributed by atoms with Gasteiger partial charge in [0.1, 0.15) is 0 Å². The number of aromatic nitrogens is 2. The summed E-state index contributed by atoms with van der Waals surface area (Å²) < 4.78 is 2.29. The van der Waals surface area contributed by atoms with Gasteiger partial charge in [0.15, 0.2) is 0 Å². The van der Waals surface area contributed by atoms with Gasteiger partial charge < -0.3 is 14.6 Å². The highest BCUT2D eigenvalue weighted by molar-refractivity contribution is 5.69. The van der Waals surface area contributed by atoms with E-state index in [0.29, 0.717) is 5.92 Å². The number of aliphatic hydroxyl groups is 1. The Morgan fingerprint density at radius 3 is 2.96 bits per heavy atom. The molecule has 1 N–H and O–H groups in total. The second kappa shape index (κ2) is 4.68. The Morgan fingerprint density at radius 2 is 2.13 bits per heavy atom. The molecule has 1 aromatic carbocycles. The Bertz CT molecular complexity index is 747. The highest BCUT2D eigenvalue weighted by Crippen LogP contribution is 2.55. The first-order valence-corrected chi connectivity index (χ1v) is 8.75. The molecule has 2 aliphatic heterocycles. The topological polar surface area (TPSA) is 41.3 Å². The minimum absolute atomic E-state index is 0.138. The predicted octanol–water partition coefficient (Wildman–Crippen LogP) is 2.55. The third-order valence-corrected chi connectivity index (χ3v) is 6.46. The largest absolute Gasteiger partial charge is 0.392 e. The van der Waals surface area contributed by atoms with Crippen molar-refractivity contribution in [2.45, 2.75) is 31.9 Å². The quantitative estimate of drug-likeness (QED) is 0.927. The summed E-state index contributed by atoms with van der Waals surface area (Å²) in [5.41, 5.74) is 3.98. The molecule has 4 heteroatoms. The number of rotatable bonds is 2. The van der Waals surface area contributed by atoms with Crippen LogP contribution in [0.15, 0.2) is 36.8 Å². The van der Waals surface area contributed by atoms with E-state index in [0.717, 1.165) is 32.5 Å². The molecule has 0 amide bonds. The lowest BCUT2D eigenvalue weighted by molar-refractivity contribution is -0.0864. The normalized spacial score (nSPS) is 31.1. The summed E-state index contributed by atoms with van der Waals surface area (Å²) >= 11 is 0. The molecule has 0 bridgehead atoms. The molecular formula is C19H23N3O. The van der Waals surface area contributed by atoms with Crippen molar-refractivity contribution >= 4 is 0 Å². The van der Waals surface area contributed by atoms with Crippen LogP contribution in [0.1, 0.15) is 31.4 Å². The summed E-state index contributed by atoms with van der Waals surface area (Å²) in [7, 11) is 0. The number of likely N-dealkylation sites (tertiary alicyclic amines) is 1. The van der Waals surface area contributed by atoms with E-state index in [1.165, 1.54) is 16.8 Å². The van der Waals surface area contributed by atoms with Crippen LogP contribution in [0.25, 0.3) is 11.3 Å². The molecule has 5 rings (SSSR count). The number of nitrogens with zero attached hydrogens (tertiary/aromatic N) is 3. The van der Waals surface area contributed by atoms with Gasteiger partial charge in [0.2, 0.25) is 0 Å². The van der Waals surface area contributed by atoms with E-state index in [1.54, 1.807) is 0 Å². The Balaban J connectivity index is 1.52. The van der Waals surface area contributed by atoms with Crippen molar-refractivity contribution in [3.63, 3.8) is 0 Å². The highest BCUT2D eigenvalue weighted by Gasteiger charge is 2.56. The maximum atomic E-state index is 11.2. The van der Waals surface area contributed by atoms with Gasteiger partial charge in [0.05, 0.1) is 30.4 Å². The lowest BCUT2D eigenvalue weighted by Crippen LogP contribution is -2.60. The van der Waals surface area contributed by atoms with E-state index >= 15 is 0 Å². The minimum Gasteiger partial charge on any atom is -0.392 e. The van der Waals surface area contributed by atoms with Gasteiger partial charge >= 0.3 is 0 Å². The first kappa shape index (κ1) is 13.8. The molecule has 23 heavy (non-hydrogen) atoms. The van der Waals surface area contributed by atoms with Crippen LogP contribution in [0.3, 0.4) is 0 Å². The van der Waals surface area contributed by atoms with Gasteiger partial charge in [-0.25, -0.2) is 4.98 Å². The molecule has 1 aliphatic carbocycles. The van der Waals surface area contributed by atoms with Crippen LogP contribution in [0, 0.1) is 11.3 Å². The monoisotopic (exact) mass is 309 g/mol. The molecule has 4 nitrogen and oxygen atoms in total. The van der Waals surface area contributed by atoms with Gasteiger partial charge in [0.25, 0.3) is 0 Å². The van der Waals surface area contributed by atoms with Crippen LogP contribution >= 0.6 is 0 Å². The van der Waals surface area contributed by atoms with Crippen molar-refractivity contribution in [3.8, 4) is 11.3 Å². The molecule has 1 saturated carbocycles. The Labute approximate surface area is 136 Å². The zero-order chi connectivity index (χ0) is 15.6. The van der Waals surface area contributed by atoms with Crippen LogP contribution in [-0.2, 0) is 0 Å². The minimum atomic E-state index is -0.211. The summed E-state index contributed by atoms with van der Waals surface area (Å²) in [6, 6.07) is 8.86. The van der Waals surface area contributed by atoms with Gasteiger partial charge in [-0.3, -0.25) is 0 Å². The van der Waals surface area contributed by atoms with Gasteiger partial charge in [-0.05, 0) is 24.9 Å². The average Bonchev–Trinajstić information content (AvgIpc) is 3.19. The maximum absolute atomic E-state index is 11.2. The predicted molar refractivity (Wildman–Crippen MR) is 89.1 cm³/mol. The molecule has 1 aromatic heterocycles. The van der Waals surface area contributed by atoms with Crippen LogP contribution in [0.4, 0.5) is 0 Å². The molecule has 2 aromatic rings. The van der Waals surface area contributed by atoms with E-state index in [2.05, 4.69) is 45.6 Å². The van der Waals surface area contributed by atoms with Crippen molar-refractivity contribution in [2.24, 2.45) is 11.3 Å². The molecule has 1 saturated heterocycles. The van der Waals surface area contributed by atoms with Crippen LogP contribution in [0.5, 0.6) is 0 Å². The number of fused-ring (bicyclic) bond motifs is 3. The van der Waals surface area contributed by atoms with Crippen molar-refractivity contribution in [3.05, 3.63) is 42.4 Å². The lowest BCUT2D eigenvalue weighted by Gasteiger charge is -2.50. The smallest absolute Gasteiger partial charge is 0.0956 e. The fourth-order valence-corrected chi connectivity index (χ4v) is 5.27. The second-order valence-corrected chi connectivity index (χ2v) is 7.53. The third-order valence-electron chi connectivity index (χ3n) is 6.46. The molecule has 3 aliphatic rings. The molecule has 0 radical (unpaired) electrons. The first-order chi connectivity index (χ1) is 11.2. The van der Waals surface area contributed by atoms with E-state index in [4.69, 9.17) is 0 Å². The fraction of sp³-hybridized carbons (Fsp3) is 0.526. The third kappa shape index (κ3) is 1.71. The molecular weight excluding hydrogens is 286 g/mol. The zero-order valence-electron chi connectivity index (χ0n) is 13.5. The van der Waals surface area contributed by atoms with Crippen molar-refractivity contribution in [1.29, 1.82) is 0 Å². The summed E-state index contributed by atoms with van der Waals surface area (Å²) in [5.74, 6) is 0.297. The van der Waals surface area contributed by atoms with E-state index in [9.17, 15) is 5.11 Å². The van der Waals surface area contributed by atoms with E-state index in [-0.39, 0.29) is 17.6 Å². The van der Waals surface area contributed by atoms with Crippen molar-refractivity contribution in [1.82, 2.24) is 14.5 Å². The molecule has 120 valence electrons. The van der Waals surface area contributed by atoms with Gasteiger partial charge in [-0.15, -0.1) is 0 Å². The Kier molecular flexibility index (Phi) is 2.80. The summed E-state index contributed by atoms with van der Waals surface area (Å²) in [5, 5.41) is 11.2. The standard InChI is InChI=1S/C19H23N3O/c1-2-21-10-19(11-21)8-7-15(18(19)23)17-14-6-4-3-5-13(14)16-9-20-12-22(16)17/h3-6,9,12,15,17-18,23H,2,7-8,10-11H2,1H3/t15-,17+,18-/m1/s1. The first-order valence-electron chi connectivity index (χ1n) is 8.75. The molecule has 3 heterocycles. The second-order valence-electron chi connectivity index (χ2n) is 7.53. The molecule has 3 atom stereocenters. The molecule has 2 fully saturated rings. The van der Waals surface area contributed by atoms with Gasteiger partial charge in [-0.2, -0.15) is 0 Å². The fourth-order valence-electron chi connectivity index (χ4n) is 5.27. The van der Waals surface area contributed by atoms with Crippen LogP contribution in [-0.4, -0.2) is 45.3 Å². The summed E-state index contributed by atoms with van der Waals surface area (Å²) in [6.45, 7) is 5.42. The Morgan fingerprint density at radius 1 is 1.30 bits per heavy atom. The zero-order valence-corrected chi connectivity index (χ0v) is 13.5. The number of hydrogen-bond donors (Lipinski definition) is 1. The lowest BCUT2D eigenvalue weighted by atomic mass is 9.74. The Hall–Kier alpha value is -1.65. The average molecular weight is 309 g/mol. The summed E-state index contributed by atoms with van der Waals surface area (Å²) in [6.07, 6.45) is 5.94. The number of benzene rings is 1. The SMILES string of the molecule is CCN1CC2(CC[C@H]([C@@H]3c4ccccc4-c4cncn43)[C@H]2O)C1. The van der Waals surface area contributed by atoms with E-state index in [1.807, 2.05) is 12.5 Å². The van der Waals surface area contributed by atoms with Gasteiger partial charge in [-0.1, -0.05) is 31.2 Å². The number of hydrogen-bond acceptors (Lipinski definition) is 3. The van der Waals surface area contributed by atoms with Crippen LogP contribution < -0.4 is 0 Å². The van der Waals surface area contributed by atoms with Crippen molar-refractivity contribution < 1.29 is 5.11 Å². The maximum Gasteiger partial charge on any atom is 0.0956 e. The van der Waals surface area contributed by atoms with E-state index < -0.39 is 0 Å². The molecule has 0 unspecified atom stereocenters. The summed E-state index contributed by atoms with van der Waals surface area (Å²) in [4.78, 5) is 6.80. The number of aliphatic hydroxyl groups excluding tert-OH is 1. The molecule has 1 spiro atoms. The van der Waals surface area contributed by atoms with Crippen LogP contribution in [0.2, 0.25) is 0 Å². The highest BCUT2D eigenvalue weighted by atomic mass is 16.3. The van der Waals surface area contributed by atoms with Gasteiger partial charge in [0, 0.05) is 30.0 Å². The number of imidazole rings is 1.